The van der Waals surface area contributed by atoms with Crippen LogP contribution in [0.2, 0.25) is 0 Å². The number of nitrogens with zero attached hydrogens (tertiary/aromatic N) is 1. The van der Waals surface area contributed by atoms with Crippen LogP contribution in [-0.4, -0.2) is 55.3 Å². The molecule has 5 N–H and O–H groups in total. The molecule has 12 heteroatoms. The first-order valence-corrected chi connectivity index (χ1v) is 12.2. The highest BCUT2D eigenvalue weighted by atomic mass is 32.2. The fraction of sp³-hybridized carbons (Fsp3) is 0.667. The first-order valence-electron chi connectivity index (χ1n) is 9.75. The Morgan fingerprint density at radius 2 is 2.03 bits per heavy atom. The van der Waals surface area contributed by atoms with Crippen LogP contribution in [0.4, 0.5) is 14.6 Å². The molecule has 0 radical (unpaired) electrons. The molecule has 170 valence electrons. The largest absolute Gasteiger partial charge is 0.393 e. The highest BCUT2D eigenvalue weighted by Gasteiger charge is 2.27. The van der Waals surface area contributed by atoms with Crippen molar-refractivity contribution in [1.29, 1.82) is 0 Å². The normalized spacial score (nSPS) is 17.7. The van der Waals surface area contributed by atoms with Gasteiger partial charge in [0, 0.05) is 10.6 Å². The number of hydrogen-bond donors (Lipinski definition) is 4. The molecule has 1 aromatic rings. The molecule has 0 saturated heterocycles. The van der Waals surface area contributed by atoms with Gasteiger partial charge in [0.1, 0.15) is 10.7 Å². The lowest BCUT2D eigenvalue weighted by Gasteiger charge is -2.26. The summed E-state index contributed by atoms with van der Waals surface area (Å²) < 4.78 is 51.5. The molecule has 0 aliphatic heterocycles. The molecule has 1 heterocycles. The Morgan fingerprint density at radius 1 is 1.37 bits per heavy atom. The summed E-state index contributed by atoms with van der Waals surface area (Å²) in [6.07, 6.45) is 2.37. The molecule has 1 aliphatic carbocycles. The van der Waals surface area contributed by atoms with E-state index in [2.05, 4.69) is 10.3 Å². The number of halogens is 2. The van der Waals surface area contributed by atoms with Gasteiger partial charge in [-0.3, -0.25) is 4.79 Å². The lowest BCUT2D eigenvalue weighted by atomic mass is 9.84. The minimum atomic E-state index is -4.24. The third-order valence-corrected chi connectivity index (χ3v) is 7.62. The van der Waals surface area contributed by atoms with Crippen molar-refractivity contribution < 1.29 is 27.1 Å². The van der Waals surface area contributed by atoms with Gasteiger partial charge in [0.2, 0.25) is 15.9 Å². The summed E-state index contributed by atoms with van der Waals surface area (Å²) in [4.78, 5) is 16.3. The van der Waals surface area contributed by atoms with Crippen molar-refractivity contribution in [2.24, 2.45) is 11.7 Å². The van der Waals surface area contributed by atoms with Crippen LogP contribution in [0.25, 0.3) is 0 Å². The molecule has 0 unspecified atom stereocenters. The number of rotatable bonds is 10. The second-order valence-electron chi connectivity index (χ2n) is 7.33. The average molecular weight is 467 g/mol. The Labute approximate surface area is 179 Å². The van der Waals surface area contributed by atoms with Crippen LogP contribution in [-0.2, 0) is 14.8 Å². The number of aliphatic hydroxyl groups is 1. The summed E-state index contributed by atoms with van der Waals surface area (Å²) in [5.41, 5.74) is 6.09. The lowest BCUT2D eigenvalue weighted by Crippen LogP contribution is -2.42. The SMILES string of the molecule is C[C@@H](O)CSc1cc(NC(=O)[C@@H](N)C2CCCCC2)ncc1S(=O)(=O)NCC(F)F. The fourth-order valence-electron chi connectivity index (χ4n) is 3.19. The second-order valence-corrected chi connectivity index (χ2v) is 10.1. The van der Waals surface area contributed by atoms with Gasteiger partial charge >= 0.3 is 0 Å². The number of carbonyl (C=O) groups excluding carboxylic acids is 1. The number of alkyl halides is 2. The predicted octanol–water partition coefficient (Wildman–Crippen LogP) is 1.94. The minimum absolute atomic E-state index is 0.0843. The molecular weight excluding hydrogens is 438 g/mol. The van der Waals surface area contributed by atoms with E-state index in [9.17, 15) is 27.1 Å². The molecule has 1 aliphatic rings. The molecule has 1 amide bonds. The van der Waals surface area contributed by atoms with Gasteiger partial charge in [-0.2, -0.15) is 0 Å². The zero-order valence-corrected chi connectivity index (χ0v) is 18.3. The van der Waals surface area contributed by atoms with E-state index in [1.165, 1.54) is 13.0 Å². The predicted molar refractivity (Wildman–Crippen MR) is 111 cm³/mol. The van der Waals surface area contributed by atoms with Gasteiger partial charge in [-0.25, -0.2) is 26.9 Å². The maximum atomic E-state index is 12.5. The van der Waals surface area contributed by atoms with Crippen LogP contribution in [0.1, 0.15) is 39.0 Å². The maximum absolute atomic E-state index is 12.5. The van der Waals surface area contributed by atoms with Crippen LogP contribution >= 0.6 is 11.8 Å². The Bertz CT molecular complexity index is 818. The molecule has 30 heavy (non-hydrogen) atoms. The number of aromatic nitrogens is 1. The molecule has 0 bridgehead atoms. The van der Waals surface area contributed by atoms with Gasteiger partial charge in [0.15, 0.2) is 0 Å². The number of nitrogens with two attached hydrogens (primary N) is 1. The topological polar surface area (TPSA) is 134 Å². The van der Waals surface area contributed by atoms with E-state index in [0.717, 1.165) is 50.1 Å². The Hall–Kier alpha value is -1.34. The van der Waals surface area contributed by atoms with E-state index in [1.54, 1.807) is 0 Å². The quantitative estimate of drug-likeness (QED) is 0.387. The smallest absolute Gasteiger partial charge is 0.251 e. The van der Waals surface area contributed by atoms with Crippen LogP contribution in [0, 0.1) is 5.92 Å². The molecule has 1 saturated carbocycles. The molecule has 2 rings (SSSR count). The number of aliphatic hydroxyl groups excluding tert-OH is 1. The van der Waals surface area contributed by atoms with Crippen LogP contribution in [0.15, 0.2) is 22.1 Å². The summed E-state index contributed by atoms with van der Waals surface area (Å²) in [7, 11) is -4.24. The van der Waals surface area contributed by atoms with Gasteiger partial charge in [0.25, 0.3) is 6.43 Å². The molecule has 2 atom stereocenters. The van der Waals surface area contributed by atoms with Gasteiger partial charge < -0.3 is 16.2 Å². The first-order chi connectivity index (χ1) is 14.1. The van der Waals surface area contributed by atoms with Crippen LogP contribution in [0.5, 0.6) is 0 Å². The summed E-state index contributed by atoms with van der Waals surface area (Å²) in [6.45, 7) is 0.501. The summed E-state index contributed by atoms with van der Waals surface area (Å²) in [5, 5.41) is 12.1. The van der Waals surface area contributed by atoms with Gasteiger partial charge in [0.05, 0.1) is 24.9 Å². The number of thioether (sulfide) groups is 1. The number of carbonyl (C=O) groups is 1. The molecule has 8 nitrogen and oxygen atoms in total. The van der Waals surface area contributed by atoms with Crippen molar-refractivity contribution in [3.8, 4) is 0 Å². The lowest BCUT2D eigenvalue weighted by molar-refractivity contribution is -0.118. The first kappa shape index (κ1) is 24.9. The molecule has 0 aromatic carbocycles. The van der Waals surface area contributed by atoms with Crippen molar-refractivity contribution in [3.63, 3.8) is 0 Å². The van der Waals surface area contributed by atoms with Gasteiger partial charge in [-0.15, -0.1) is 11.8 Å². The van der Waals surface area contributed by atoms with E-state index >= 15 is 0 Å². The van der Waals surface area contributed by atoms with Crippen molar-refractivity contribution in [2.75, 3.05) is 17.6 Å². The second kappa shape index (κ2) is 11.3. The standard InChI is InChI=1S/C18H28F2N4O4S2/c1-11(25)10-29-13-7-16(22-8-14(13)30(27,28)23-9-15(19)20)24-18(26)17(21)12-5-3-2-4-6-12/h7-8,11-12,15,17,23,25H,2-6,9-10,21H2,1H3,(H,22,24,26)/t11-,17+/m1/s1. The van der Waals surface area contributed by atoms with Crippen molar-refractivity contribution in [3.05, 3.63) is 12.3 Å². The van der Waals surface area contributed by atoms with E-state index in [1.807, 2.05) is 4.72 Å². The Kier molecular flexibility index (Phi) is 9.41. The minimum Gasteiger partial charge on any atom is -0.393 e. The zero-order valence-electron chi connectivity index (χ0n) is 16.7. The van der Waals surface area contributed by atoms with Crippen molar-refractivity contribution in [2.45, 2.75) is 67.4 Å². The van der Waals surface area contributed by atoms with Crippen molar-refractivity contribution >= 4 is 33.5 Å². The van der Waals surface area contributed by atoms with Crippen LogP contribution < -0.4 is 15.8 Å². The number of anilines is 1. The van der Waals surface area contributed by atoms with Gasteiger partial charge in [-0.1, -0.05) is 19.3 Å². The van der Waals surface area contributed by atoms with E-state index in [4.69, 9.17) is 5.73 Å². The highest BCUT2D eigenvalue weighted by Crippen LogP contribution is 2.30. The average Bonchev–Trinajstić information content (AvgIpc) is 2.70. The highest BCUT2D eigenvalue weighted by molar-refractivity contribution is 8.00. The fourth-order valence-corrected chi connectivity index (χ4v) is 5.52. The number of nitrogens with one attached hydrogen (secondary N) is 2. The van der Waals surface area contributed by atoms with E-state index < -0.39 is 41.0 Å². The molecule has 1 aromatic heterocycles. The molecular formula is C18H28F2N4O4S2. The number of sulfonamides is 1. The molecule has 1 fully saturated rings. The third-order valence-electron chi connectivity index (χ3n) is 4.74. The Morgan fingerprint density at radius 3 is 2.63 bits per heavy atom. The summed E-state index contributed by atoms with van der Waals surface area (Å²) >= 11 is 1.01. The number of amides is 1. The zero-order chi connectivity index (χ0) is 22.3. The number of pyridine rings is 1. The summed E-state index contributed by atoms with van der Waals surface area (Å²) in [5.74, 6) is -0.0587. The van der Waals surface area contributed by atoms with Crippen LogP contribution in [0.3, 0.4) is 0 Å². The summed E-state index contributed by atoms with van der Waals surface area (Å²) in [6, 6.07) is 0.645. The Balaban J connectivity index is 2.20. The third kappa shape index (κ3) is 7.41. The number of hydrogen-bond acceptors (Lipinski definition) is 7. The molecule has 0 spiro atoms. The van der Waals surface area contributed by atoms with E-state index in [-0.39, 0.29) is 27.3 Å². The van der Waals surface area contributed by atoms with E-state index in [0.29, 0.717) is 0 Å². The van der Waals surface area contributed by atoms with Crippen molar-refractivity contribution in [1.82, 2.24) is 9.71 Å². The monoisotopic (exact) mass is 466 g/mol. The van der Waals surface area contributed by atoms with Gasteiger partial charge in [-0.05, 0) is 31.7 Å². The maximum Gasteiger partial charge on any atom is 0.251 e.